The van der Waals surface area contributed by atoms with E-state index in [0.29, 0.717) is 6.42 Å². The molecule has 1 rings (SSSR count). The first-order valence-corrected chi connectivity index (χ1v) is 9.49. The summed E-state index contributed by atoms with van der Waals surface area (Å²) in [6.07, 6.45) is 22.0. The summed E-state index contributed by atoms with van der Waals surface area (Å²) in [7, 11) is 3.57. The normalized spacial score (nSPS) is 18.9. The lowest BCUT2D eigenvalue weighted by molar-refractivity contribution is -0.128. The summed E-state index contributed by atoms with van der Waals surface area (Å²) in [6.45, 7) is 2.14. The van der Waals surface area contributed by atoms with E-state index in [1.165, 1.54) is 0 Å². The van der Waals surface area contributed by atoms with Crippen LogP contribution >= 0.6 is 0 Å². The number of allylic oxidation sites excluding steroid dienone is 8. The summed E-state index contributed by atoms with van der Waals surface area (Å²) < 4.78 is 0. The summed E-state index contributed by atoms with van der Waals surface area (Å²) >= 11 is 0. The van der Waals surface area contributed by atoms with Crippen molar-refractivity contribution in [1.29, 1.82) is 0 Å². The Morgan fingerprint density at radius 2 is 1.80 bits per heavy atom. The largest absolute Gasteiger partial charge is 0.349 e. The second-order valence-electron chi connectivity index (χ2n) is 6.69. The molecule has 3 heteroatoms. The zero-order chi connectivity index (χ0) is 18.5. The molecule has 0 saturated heterocycles. The van der Waals surface area contributed by atoms with Crippen molar-refractivity contribution < 1.29 is 9.59 Å². The van der Waals surface area contributed by atoms with Crippen LogP contribution in [-0.2, 0) is 9.59 Å². The first-order valence-electron chi connectivity index (χ1n) is 9.49. The highest BCUT2D eigenvalue weighted by molar-refractivity contribution is 6.07. The Bertz CT molecular complexity index is 538. The third kappa shape index (κ3) is 8.67. The van der Waals surface area contributed by atoms with Crippen molar-refractivity contribution in [3.8, 4) is 0 Å². The molecule has 0 bridgehead atoms. The summed E-state index contributed by atoms with van der Waals surface area (Å²) in [5, 5.41) is 0. The SMILES string of the molecule is CC/C=C\CCC/C=C1/C(=O)C=CC1C/C=C\CCCC(=O)N(C)C. The zero-order valence-corrected chi connectivity index (χ0v) is 16.0. The van der Waals surface area contributed by atoms with E-state index in [9.17, 15) is 9.59 Å². The fraction of sp³-hybridized carbons (Fsp3) is 0.545. The Labute approximate surface area is 153 Å². The summed E-state index contributed by atoms with van der Waals surface area (Å²) in [4.78, 5) is 25.1. The van der Waals surface area contributed by atoms with E-state index >= 15 is 0 Å². The van der Waals surface area contributed by atoms with Crippen molar-refractivity contribution >= 4 is 11.7 Å². The first kappa shape index (κ1) is 21.1. The number of rotatable bonds is 11. The Morgan fingerprint density at radius 1 is 1.08 bits per heavy atom. The molecule has 0 spiro atoms. The van der Waals surface area contributed by atoms with Crippen LogP contribution in [0.5, 0.6) is 0 Å². The quantitative estimate of drug-likeness (QED) is 0.300. The van der Waals surface area contributed by atoms with Gasteiger partial charge in [-0.3, -0.25) is 9.59 Å². The second kappa shape index (κ2) is 12.5. The summed E-state index contributed by atoms with van der Waals surface area (Å²) in [5.74, 6) is 0.564. The van der Waals surface area contributed by atoms with Crippen LogP contribution in [0.3, 0.4) is 0 Å². The van der Waals surface area contributed by atoms with Crippen LogP contribution in [0.25, 0.3) is 0 Å². The van der Waals surface area contributed by atoms with Crippen LogP contribution < -0.4 is 0 Å². The van der Waals surface area contributed by atoms with E-state index in [0.717, 1.165) is 50.5 Å². The van der Waals surface area contributed by atoms with Crippen molar-refractivity contribution in [2.24, 2.45) is 5.92 Å². The number of carbonyl (C=O) groups excluding carboxylic acids is 2. The Balaban J connectivity index is 2.32. The number of unbranched alkanes of at least 4 members (excludes halogenated alkanes) is 3. The smallest absolute Gasteiger partial charge is 0.222 e. The van der Waals surface area contributed by atoms with Crippen molar-refractivity contribution in [2.75, 3.05) is 14.1 Å². The number of carbonyl (C=O) groups is 2. The Morgan fingerprint density at radius 3 is 2.52 bits per heavy atom. The molecule has 0 aromatic rings. The van der Waals surface area contributed by atoms with Crippen molar-refractivity contribution in [2.45, 2.75) is 58.3 Å². The van der Waals surface area contributed by atoms with Crippen LogP contribution in [0.2, 0.25) is 0 Å². The van der Waals surface area contributed by atoms with Gasteiger partial charge in [0.15, 0.2) is 5.78 Å². The minimum absolute atomic E-state index is 0.166. The van der Waals surface area contributed by atoms with Gasteiger partial charge in [-0.2, -0.15) is 0 Å². The predicted molar refractivity (Wildman–Crippen MR) is 105 cm³/mol. The van der Waals surface area contributed by atoms with Crippen LogP contribution in [-0.4, -0.2) is 30.7 Å². The fourth-order valence-corrected chi connectivity index (χ4v) is 2.78. The Hall–Kier alpha value is -1.90. The van der Waals surface area contributed by atoms with Gasteiger partial charge in [0, 0.05) is 32.0 Å². The molecule has 0 heterocycles. The van der Waals surface area contributed by atoms with Gasteiger partial charge in [0.25, 0.3) is 0 Å². The number of amides is 1. The lowest BCUT2D eigenvalue weighted by Gasteiger charge is -2.09. The molecule has 0 N–H and O–H groups in total. The maximum atomic E-state index is 12.0. The number of nitrogens with zero attached hydrogens (tertiary/aromatic N) is 1. The number of hydrogen-bond donors (Lipinski definition) is 0. The highest BCUT2D eigenvalue weighted by Gasteiger charge is 2.21. The third-order valence-corrected chi connectivity index (χ3v) is 4.32. The van der Waals surface area contributed by atoms with Gasteiger partial charge < -0.3 is 4.90 Å². The molecule has 3 nitrogen and oxygen atoms in total. The highest BCUT2D eigenvalue weighted by Crippen LogP contribution is 2.26. The standard InChI is InChI=1S/C22H33NO2/c1-4-5-6-7-8-12-15-20-19(17-18-21(20)24)14-11-9-10-13-16-22(25)23(2)3/h5-6,9,11,15,17-19H,4,7-8,10,12-14,16H2,1-3H3/b6-5-,11-9-,20-15+. The zero-order valence-electron chi connectivity index (χ0n) is 16.0. The molecule has 0 fully saturated rings. The molecular formula is C22H33NO2. The lowest BCUT2D eigenvalue weighted by atomic mass is 9.96. The van der Waals surface area contributed by atoms with E-state index in [4.69, 9.17) is 0 Å². The minimum atomic E-state index is 0.166. The molecule has 138 valence electrons. The van der Waals surface area contributed by atoms with Crippen LogP contribution in [0.4, 0.5) is 0 Å². The average molecular weight is 344 g/mol. The molecule has 1 aliphatic carbocycles. The minimum Gasteiger partial charge on any atom is -0.349 e. The van der Waals surface area contributed by atoms with Gasteiger partial charge in [0.2, 0.25) is 5.91 Å². The molecule has 0 aromatic heterocycles. The van der Waals surface area contributed by atoms with Gasteiger partial charge in [0.05, 0.1) is 0 Å². The second-order valence-corrected chi connectivity index (χ2v) is 6.69. The van der Waals surface area contributed by atoms with E-state index in [1.54, 1.807) is 25.1 Å². The van der Waals surface area contributed by atoms with E-state index in [-0.39, 0.29) is 17.6 Å². The number of hydrogen-bond acceptors (Lipinski definition) is 2. The monoisotopic (exact) mass is 343 g/mol. The lowest BCUT2D eigenvalue weighted by Crippen LogP contribution is -2.20. The van der Waals surface area contributed by atoms with Gasteiger partial charge in [0.1, 0.15) is 0 Å². The maximum absolute atomic E-state index is 12.0. The average Bonchev–Trinajstić information content (AvgIpc) is 2.93. The highest BCUT2D eigenvalue weighted by atomic mass is 16.2. The predicted octanol–water partition coefficient (Wildman–Crippen LogP) is 5.01. The fourth-order valence-electron chi connectivity index (χ4n) is 2.78. The molecule has 1 unspecified atom stereocenters. The van der Waals surface area contributed by atoms with Crippen LogP contribution in [0.1, 0.15) is 58.3 Å². The topological polar surface area (TPSA) is 37.4 Å². The van der Waals surface area contributed by atoms with Crippen molar-refractivity contribution in [3.05, 3.63) is 48.1 Å². The molecule has 0 saturated carbocycles. The van der Waals surface area contributed by atoms with Gasteiger partial charge >= 0.3 is 0 Å². The molecule has 0 aliphatic heterocycles. The third-order valence-electron chi connectivity index (χ3n) is 4.32. The van der Waals surface area contributed by atoms with Gasteiger partial charge in [-0.25, -0.2) is 0 Å². The Kier molecular flexibility index (Phi) is 10.5. The molecule has 1 atom stereocenters. The van der Waals surface area contributed by atoms with E-state index < -0.39 is 0 Å². The summed E-state index contributed by atoms with van der Waals surface area (Å²) in [5.41, 5.74) is 0.951. The van der Waals surface area contributed by atoms with E-state index in [2.05, 4.69) is 37.3 Å². The summed E-state index contributed by atoms with van der Waals surface area (Å²) in [6, 6.07) is 0. The van der Waals surface area contributed by atoms with Crippen molar-refractivity contribution in [1.82, 2.24) is 4.90 Å². The molecular weight excluding hydrogens is 310 g/mol. The molecule has 0 radical (unpaired) electrons. The van der Waals surface area contributed by atoms with Crippen LogP contribution in [0.15, 0.2) is 48.1 Å². The number of ketones is 1. The molecule has 25 heavy (non-hydrogen) atoms. The van der Waals surface area contributed by atoms with E-state index in [1.807, 2.05) is 6.08 Å². The van der Waals surface area contributed by atoms with Crippen LogP contribution in [0, 0.1) is 5.92 Å². The molecule has 0 aromatic carbocycles. The van der Waals surface area contributed by atoms with Gasteiger partial charge in [-0.1, -0.05) is 43.4 Å². The van der Waals surface area contributed by atoms with Gasteiger partial charge in [-0.05, 0) is 51.0 Å². The molecule has 1 amide bonds. The van der Waals surface area contributed by atoms with Crippen molar-refractivity contribution in [3.63, 3.8) is 0 Å². The maximum Gasteiger partial charge on any atom is 0.222 e. The first-order chi connectivity index (χ1) is 12.1. The molecule has 1 aliphatic rings. The van der Waals surface area contributed by atoms with Gasteiger partial charge in [-0.15, -0.1) is 0 Å².